The molecule has 0 aliphatic rings. The molecule has 2 amide bonds. The van der Waals surface area contributed by atoms with E-state index in [0.717, 1.165) is 12.0 Å². The maximum atomic E-state index is 13.0. The van der Waals surface area contributed by atoms with Crippen molar-refractivity contribution in [1.29, 1.82) is 0 Å². The van der Waals surface area contributed by atoms with Gasteiger partial charge in [-0.3, -0.25) is 0 Å². The number of hydrogen-bond acceptors (Lipinski definition) is 1. The van der Waals surface area contributed by atoms with Crippen LogP contribution in [0.4, 0.5) is 9.18 Å². The highest BCUT2D eigenvalue weighted by atomic mass is 35.5. The molecule has 1 aromatic rings. The molecule has 3 nitrogen and oxygen atoms in total. The number of rotatable bonds is 5. The zero-order valence-corrected chi connectivity index (χ0v) is 12.3. The summed E-state index contributed by atoms with van der Waals surface area (Å²) >= 11 is 5.68. The second kappa shape index (κ2) is 7.34. The molecule has 0 heterocycles. The van der Waals surface area contributed by atoms with Crippen molar-refractivity contribution in [1.82, 2.24) is 10.2 Å². The number of carbonyl (C=O) groups excluding carboxylic acids is 1. The van der Waals surface area contributed by atoms with Crippen LogP contribution >= 0.6 is 11.6 Å². The molecule has 1 N–H and O–H groups in total. The molecule has 0 radical (unpaired) electrons. The van der Waals surface area contributed by atoms with E-state index in [-0.39, 0.29) is 11.1 Å². The van der Waals surface area contributed by atoms with Gasteiger partial charge in [0.2, 0.25) is 0 Å². The van der Waals surface area contributed by atoms with Crippen LogP contribution in [-0.4, -0.2) is 24.5 Å². The molecule has 0 aliphatic carbocycles. The summed E-state index contributed by atoms with van der Waals surface area (Å²) in [6.45, 7) is 5.25. The molecular formula is C14H20ClFN2O. The average molecular weight is 287 g/mol. The molecule has 1 unspecified atom stereocenters. The quantitative estimate of drug-likeness (QED) is 0.880. The number of nitrogens with zero attached hydrogens (tertiary/aromatic N) is 1. The van der Waals surface area contributed by atoms with Gasteiger partial charge in [-0.2, -0.15) is 0 Å². The van der Waals surface area contributed by atoms with Crippen molar-refractivity contribution in [3.63, 3.8) is 0 Å². The first kappa shape index (κ1) is 15.8. The van der Waals surface area contributed by atoms with Gasteiger partial charge in [0.15, 0.2) is 0 Å². The largest absolute Gasteiger partial charge is 0.334 e. The second-order valence-corrected chi connectivity index (χ2v) is 5.21. The van der Waals surface area contributed by atoms with Crippen molar-refractivity contribution in [2.75, 3.05) is 13.6 Å². The SMILES string of the molecule is CCC(C)CN(C)C(=O)NCc1ccc(F)c(Cl)c1. The van der Waals surface area contributed by atoms with Gasteiger partial charge in [0, 0.05) is 20.1 Å². The predicted molar refractivity (Wildman–Crippen MR) is 75.7 cm³/mol. The fourth-order valence-corrected chi connectivity index (χ4v) is 1.84. The minimum absolute atomic E-state index is 0.0692. The molecule has 5 heteroatoms. The van der Waals surface area contributed by atoms with Crippen LogP contribution in [0.5, 0.6) is 0 Å². The fourth-order valence-electron chi connectivity index (χ4n) is 1.64. The summed E-state index contributed by atoms with van der Waals surface area (Å²) < 4.78 is 13.0. The van der Waals surface area contributed by atoms with Crippen LogP contribution in [0.2, 0.25) is 5.02 Å². The molecule has 0 spiro atoms. The van der Waals surface area contributed by atoms with E-state index in [1.807, 2.05) is 0 Å². The van der Waals surface area contributed by atoms with Gasteiger partial charge in [0.05, 0.1) is 5.02 Å². The number of urea groups is 1. The summed E-state index contributed by atoms with van der Waals surface area (Å²) in [4.78, 5) is 13.5. The zero-order chi connectivity index (χ0) is 14.4. The molecule has 0 bridgehead atoms. The van der Waals surface area contributed by atoms with Crippen LogP contribution in [-0.2, 0) is 6.54 Å². The smallest absolute Gasteiger partial charge is 0.317 e. The second-order valence-electron chi connectivity index (χ2n) is 4.80. The van der Waals surface area contributed by atoms with Crippen molar-refractivity contribution in [3.05, 3.63) is 34.6 Å². The van der Waals surface area contributed by atoms with E-state index < -0.39 is 5.82 Å². The molecule has 1 atom stereocenters. The van der Waals surface area contributed by atoms with Gasteiger partial charge in [-0.25, -0.2) is 9.18 Å². The Morgan fingerprint density at radius 2 is 2.21 bits per heavy atom. The first-order chi connectivity index (χ1) is 8.93. The Kier molecular flexibility index (Phi) is 6.09. The number of carbonyl (C=O) groups is 1. The predicted octanol–water partition coefficient (Wildman–Crippen LogP) is 3.67. The number of nitrogens with one attached hydrogen (secondary N) is 1. The molecule has 1 aromatic carbocycles. The Morgan fingerprint density at radius 3 is 2.79 bits per heavy atom. The first-order valence-electron chi connectivity index (χ1n) is 6.37. The Labute approximate surface area is 118 Å². The fraction of sp³-hybridized carbons (Fsp3) is 0.500. The van der Waals surface area contributed by atoms with Gasteiger partial charge in [0.1, 0.15) is 5.82 Å². The van der Waals surface area contributed by atoms with E-state index in [0.29, 0.717) is 19.0 Å². The third-order valence-electron chi connectivity index (χ3n) is 3.06. The Morgan fingerprint density at radius 1 is 1.53 bits per heavy atom. The molecule has 0 aliphatic heterocycles. The maximum Gasteiger partial charge on any atom is 0.317 e. The molecular weight excluding hydrogens is 267 g/mol. The summed E-state index contributed by atoms with van der Waals surface area (Å²) in [5, 5.41) is 2.85. The monoisotopic (exact) mass is 286 g/mol. The van der Waals surface area contributed by atoms with Gasteiger partial charge in [0.25, 0.3) is 0 Å². The summed E-state index contributed by atoms with van der Waals surface area (Å²) in [5.41, 5.74) is 0.775. The molecule has 0 aromatic heterocycles. The summed E-state index contributed by atoms with van der Waals surface area (Å²) in [7, 11) is 1.76. The Balaban J connectivity index is 2.47. The van der Waals surface area contributed by atoms with E-state index in [4.69, 9.17) is 11.6 Å². The number of hydrogen-bond donors (Lipinski definition) is 1. The van der Waals surface area contributed by atoms with E-state index >= 15 is 0 Å². The van der Waals surface area contributed by atoms with Crippen molar-refractivity contribution in [3.8, 4) is 0 Å². The molecule has 0 saturated heterocycles. The zero-order valence-electron chi connectivity index (χ0n) is 11.5. The van der Waals surface area contributed by atoms with E-state index in [9.17, 15) is 9.18 Å². The van der Waals surface area contributed by atoms with Gasteiger partial charge < -0.3 is 10.2 Å². The topological polar surface area (TPSA) is 32.3 Å². The first-order valence-corrected chi connectivity index (χ1v) is 6.74. The minimum atomic E-state index is -0.453. The van der Waals surface area contributed by atoms with Crippen LogP contribution in [0, 0.1) is 11.7 Å². The molecule has 0 fully saturated rings. The number of amides is 2. The molecule has 19 heavy (non-hydrogen) atoms. The van der Waals surface area contributed by atoms with Crippen LogP contribution in [0.1, 0.15) is 25.8 Å². The highest BCUT2D eigenvalue weighted by Crippen LogP contribution is 2.15. The standard InChI is InChI=1S/C14H20ClFN2O/c1-4-10(2)9-18(3)14(19)17-8-11-5-6-13(16)12(15)7-11/h5-7,10H,4,8-9H2,1-3H3,(H,17,19). The Hall–Kier alpha value is -1.29. The average Bonchev–Trinajstić information content (AvgIpc) is 2.39. The third-order valence-corrected chi connectivity index (χ3v) is 3.35. The van der Waals surface area contributed by atoms with Gasteiger partial charge in [-0.15, -0.1) is 0 Å². The lowest BCUT2D eigenvalue weighted by Crippen LogP contribution is -2.39. The van der Waals surface area contributed by atoms with Crippen molar-refractivity contribution in [2.45, 2.75) is 26.8 Å². The number of benzene rings is 1. The van der Waals surface area contributed by atoms with Crippen LogP contribution < -0.4 is 5.32 Å². The summed E-state index contributed by atoms with van der Waals surface area (Å²) in [6.07, 6.45) is 1.03. The van der Waals surface area contributed by atoms with Crippen LogP contribution in [0.25, 0.3) is 0 Å². The third kappa shape index (κ3) is 5.07. The summed E-state index contributed by atoms with van der Waals surface area (Å²) in [6, 6.07) is 4.29. The molecule has 0 saturated carbocycles. The van der Waals surface area contributed by atoms with Gasteiger partial charge in [-0.05, 0) is 23.6 Å². The maximum absolute atomic E-state index is 13.0. The minimum Gasteiger partial charge on any atom is -0.334 e. The summed E-state index contributed by atoms with van der Waals surface area (Å²) in [5.74, 6) is 0.0154. The van der Waals surface area contributed by atoms with E-state index in [1.165, 1.54) is 12.1 Å². The lowest BCUT2D eigenvalue weighted by molar-refractivity contribution is 0.201. The van der Waals surface area contributed by atoms with Crippen molar-refractivity contribution < 1.29 is 9.18 Å². The Bertz CT molecular complexity index is 439. The lowest BCUT2D eigenvalue weighted by Gasteiger charge is -2.21. The normalized spacial score (nSPS) is 12.1. The van der Waals surface area contributed by atoms with Crippen LogP contribution in [0.3, 0.4) is 0 Å². The van der Waals surface area contributed by atoms with Crippen LogP contribution in [0.15, 0.2) is 18.2 Å². The van der Waals surface area contributed by atoms with Crippen molar-refractivity contribution >= 4 is 17.6 Å². The van der Waals surface area contributed by atoms with E-state index in [2.05, 4.69) is 19.2 Å². The van der Waals surface area contributed by atoms with Crippen molar-refractivity contribution in [2.24, 2.45) is 5.92 Å². The van der Waals surface area contributed by atoms with E-state index in [1.54, 1.807) is 18.0 Å². The molecule has 1 rings (SSSR count). The molecule has 106 valence electrons. The van der Waals surface area contributed by atoms with Gasteiger partial charge >= 0.3 is 6.03 Å². The van der Waals surface area contributed by atoms with Gasteiger partial charge in [-0.1, -0.05) is 37.9 Å². The lowest BCUT2D eigenvalue weighted by atomic mass is 10.1. The highest BCUT2D eigenvalue weighted by Gasteiger charge is 2.11. The highest BCUT2D eigenvalue weighted by molar-refractivity contribution is 6.30. The number of halogens is 2.